The fraction of sp³-hybridized carbons (Fsp3) is 0.222. The molecular formula is C18H18FN5O2. The van der Waals surface area contributed by atoms with E-state index in [2.05, 4.69) is 15.4 Å². The number of aromatic nitrogens is 4. The van der Waals surface area contributed by atoms with E-state index in [0.29, 0.717) is 29.7 Å². The minimum absolute atomic E-state index is 0.0963. The van der Waals surface area contributed by atoms with Crippen LogP contribution >= 0.6 is 0 Å². The maximum Gasteiger partial charge on any atom is 0.264 e. The fourth-order valence-electron chi connectivity index (χ4n) is 2.58. The van der Waals surface area contributed by atoms with Crippen molar-refractivity contribution in [2.75, 3.05) is 6.54 Å². The number of benzene rings is 1. The standard InChI is InChI=1S/C18H18FN5O2/c1-2-5-16(25)20-8-9-24-17-14(10-22-24)18(26)23(12-21-17)11-13-6-3-4-7-15(13)19/h2-7,10,12H,8-9,11H2,1H3,(H,20,25)/b5-2-. The van der Waals surface area contributed by atoms with E-state index in [1.807, 2.05) is 0 Å². The highest BCUT2D eigenvalue weighted by Gasteiger charge is 2.11. The number of carbonyl (C=O) groups is 1. The topological polar surface area (TPSA) is 81.8 Å². The Morgan fingerprint density at radius 3 is 2.92 bits per heavy atom. The summed E-state index contributed by atoms with van der Waals surface area (Å²) in [5.74, 6) is -0.559. The number of hydrogen-bond acceptors (Lipinski definition) is 4. The van der Waals surface area contributed by atoms with Gasteiger partial charge in [-0.1, -0.05) is 24.3 Å². The Kier molecular flexibility index (Phi) is 5.21. The van der Waals surface area contributed by atoms with Crippen LogP contribution in [0.25, 0.3) is 11.0 Å². The lowest BCUT2D eigenvalue weighted by Gasteiger charge is -2.07. The molecule has 0 radical (unpaired) electrons. The molecule has 0 unspecified atom stereocenters. The highest BCUT2D eigenvalue weighted by atomic mass is 19.1. The number of hydrogen-bond donors (Lipinski definition) is 1. The molecule has 0 bridgehead atoms. The van der Waals surface area contributed by atoms with Gasteiger partial charge in [0.1, 0.15) is 17.5 Å². The minimum atomic E-state index is -0.368. The molecule has 0 saturated carbocycles. The van der Waals surface area contributed by atoms with E-state index >= 15 is 0 Å². The second-order valence-corrected chi connectivity index (χ2v) is 5.67. The molecule has 2 aromatic heterocycles. The molecule has 0 saturated heterocycles. The average Bonchev–Trinajstić information content (AvgIpc) is 3.03. The lowest BCUT2D eigenvalue weighted by atomic mass is 10.2. The number of nitrogens with one attached hydrogen (secondary N) is 1. The van der Waals surface area contributed by atoms with Crippen LogP contribution in [-0.4, -0.2) is 31.8 Å². The van der Waals surface area contributed by atoms with Crippen LogP contribution in [0.3, 0.4) is 0 Å². The van der Waals surface area contributed by atoms with E-state index in [1.165, 1.54) is 29.2 Å². The van der Waals surface area contributed by atoms with E-state index in [1.54, 1.807) is 35.9 Å². The Balaban J connectivity index is 1.79. The normalized spacial score (nSPS) is 11.3. The Bertz CT molecular complexity index is 1020. The van der Waals surface area contributed by atoms with Gasteiger partial charge in [-0.3, -0.25) is 14.2 Å². The SMILES string of the molecule is C/C=C\C(=O)NCCn1ncc2c(=O)n(Cc3ccccc3F)cnc21. The number of fused-ring (bicyclic) bond motifs is 1. The molecular weight excluding hydrogens is 337 g/mol. The van der Waals surface area contributed by atoms with Gasteiger partial charge in [0, 0.05) is 12.1 Å². The first-order valence-electron chi connectivity index (χ1n) is 8.15. The molecule has 0 aliphatic heterocycles. The fourth-order valence-corrected chi connectivity index (χ4v) is 2.58. The summed E-state index contributed by atoms with van der Waals surface area (Å²) >= 11 is 0. The van der Waals surface area contributed by atoms with Crippen molar-refractivity contribution >= 4 is 16.9 Å². The van der Waals surface area contributed by atoms with Crippen LogP contribution in [0.4, 0.5) is 4.39 Å². The molecule has 8 heteroatoms. The third kappa shape index (κ3) is 3.69. The Morgan fingerprint density at radius 1 is 1.35 bits per heavy atom. The predicted octanol–water partition coefficient (Wildman–Crippen LogP) is 1.47. The molecule has 0 aliphatic carbocycles. The van der Waals surface area contributed by atoms with Gasteiger partial charge in [-0.2, -0.15) is 5.10 Å². The Morgan fingerprint density at radius 2 is 2.15 bits per heavy atom. The molecule has 1 amide bonds. The van der Waals surface area contributed by atoms with Crippen molar-refractivity contribution in [3.8, 4) is 0 Å². The van der Waals surface area contributed by atoms with Crippen molar-refractivity contribution in [2.45, 2.75) is 20.0 Å². The van der Waals surface area contributed by atoms with E-state index < -0.39 is 0 Å². The summed E-state index contributed by atoms with van der Waals surface area (Å²) in [6, 6.07) is 6.30. The van der Waals surface area contributed by atoms with Crippen LogP contribution in [0, 0.1) is 5.82 Å². The van der Waals surface area contributed by atoms with Crippen molar-refractivity contribution in [2.24, 2.45) is 0 Å². The van der Waals surface area contributed by atoms with Gasteiger partial charge in [0.2, 0.25) is 5.91 Å². The van der Waals surface area contributed by atoms with Gasteiger partial charge >= 0.3 is 0 Å². The second-order valence-electron chi connectivity index (χ2n) is 5.67. The summed E-state index contributed by atoms with van der Waals surface area (Å²) in [6.45, 7) is 2.60. The molecule has 1 aromatic carbocycles. The van der Waals surface area contributed by atoms with Crippen molar-refractivity contribution in [1.82, 2.24) is 24.6 Å². The van der Waals surface area contributed by atoms with Gasteiger partial charge in [0.15, 0.2) is 5.65 Å². The highest BCUT2D eigenvalue weighted by molar-refractivity contribution is 5.87. The summed E-state index contributed by atoms with van der Waals surface area (Å²) in [4.78, 5) is 28.3. The molecule has 0 fully saturated rings. The summed E-state index contributed by atoms with van der Waals surface area (Å²) in [5.41, 5.74) is 0.553. The number of rotatable bonds is 6. The number of halogens is 1. The van der Waals surface area contributed by atoms with Gasteiger partial charge in [-0.15, -0.1) is 0 Å². The third-order valence-corrected chi connectivity index (χ3v) is 3.86. The van der Waals surface area contributed by atoms with Crippen LogP contribution in [0.2, 0.25) is 0 Å². The predicted molar refractivity (Wildman–Crippen MR) is 95.1 cm³/mol. The zero-order chi connectivity index (χ0) is 18.5. The largest absolute Gasteiger partial charge is 0.351 e. The monoisotopic (exact) mass is 355 g/mol. The van der Waals surface area contributed by atoms with Gasteiger partial charge in [0.25, 0.3) is 5.56 Å². The second kappa shape index (κ2) is 7.73. The molecule has 0 aliphatic rings. The summed E-state index contributed by atoms with van der Waals surface area (Å²) in [7, 11) is 0. The van der Waals surface area contributed by atoms with E-state index in [9.17, 15) is 14.0 Å². The zero-order valence-corrected chi connectivity index (χ0v) is 14.2. The molecule has 26 heavy (non-hydrogen) atoms. The van der Waals surface area contributed by atoms with Crippen molar-refractivity contribution in [3.63, 3.8) is 0 Å². The summed E-state index contributed by atoms with van der Waals surface area (Å²) < 4.78 is 16.7. The molecule has 3 aromatic rings. The molecule has 0 atom stereocenters. The molecule has 3 rings (SSSR count). The van der Waals surface area contributed by atoms with Crippen molar-refractivity contribution in [3.05, 3.63) is 70.7 Å². The molecule has 0 spiro atoms. The van der Waals surface area contributed by atoms with E-state index in [-0.39, 0.29) is 23.8 Å². The van der Waals surface area contributed by atoms with Crippen LogP contribution in [-0.2, 0) is 17.9 Å². The lowest BCUT2D eigenvalue weighted by molar-refractivity contribution is -0.116. The molecule has 2 heterocycles. The maximum absolute atomic E-state index is 13.8. The van der Waals surface area contributed by atoms with Crippen LogP contribution in [0.15, 0.2) is 53.7 Å². The maximum atomic E-state index is 13.8. The smallest absolute Gasteiger partial charge is 0.264 e. The third-order valence-electron chi connectivity index (χ3n) is 3.86. The van der Waals surface area contributed by atoms with Gasteiger partial charge in [-0.25, -0.2) is 14.1 Å². The van der Waals surface area contributed by atoms with Gasteiger partial charge in [0.05, 0.1) is 19.3 Å². The van der Waals surface area contributed by atoms with Crippen molar-refractivity contribution < 1.29 is 9.18 Å². The molecule has 1 N–H and O–H groups in total. The van der Waals surface area contributed by atoms with E-state index in [4.69, 9.17) is 0 Å². The van der Waals surface area contributed by atoms with Gasteiger partial charge in [-0.05, 0) is 19.1 Å². The molecule has 7 nitrogen and oxygen atoms in total. The zero-order valence-electron chi connectivity index (χ0n) is 14.2. The first kappa shape index (κ1) is 17.5. The summed E-state index contributed by atoms with van der Waals surface area (Å²) in [5, 5.41) is 7.22. The highest BCUT2D eigenvalue weighted by Crippen LogP contribution is 2.09. The minimum Gasteiger partial charge on any atom is -0.351 e. The molecule has 134 valence electrons. The first-order chi connectivity index (χ1) is 12.6. The van der Waals surface area contributed by atoms with Crippen LogP contribution in [0.5, 0.6) is 0 Å². The average molecular weight is 355 g/mol. The van der Waals surface area contributed by atoms with Crippen LogP contribution < -0.4 is 10.9 Å². The summed E-state index contributed by atoms with van der Waals surface area (Å²) in [6.07, 6.45) is 5.91. The first-order valence-corrected chi connectivity index (χ1v) is 8.15. The number of carbonyl (C=O) groups excluding carboxylic acids is 1. The lowest BCUT2D eigenvalue weighted by Crippen LogP contribution is -2.26. The number of nitrogens with zero attached hydrogens (tertiary/aromatic N) is 4. The van der Waals surface area contributed by atoms with Gasteiger partial charge < -0.3 is 5.32 Å². The van der Waals surface area contributed by atoms with Crippen molar-refractivity contribution in [1.29, 1.82) is 0 Å². The Hall–Kier alpha value is -3.29. The Labute approximate surface area is 148 Å². The van der Waals surface area contributed by atoms with E-state index in [0.717, 1.165) is 0 Å². The number of amides is 1. The quantitative estimate of drug-likeness (QED) is 0.679. The van der Waals surface area contributed by atoms with Crippen LogP contribution in [0.1, 0.15) is 12.5 Å². The number of allylic oxidation sites excluding steroid dienone is 1.